The highest BCUT2D eigenvalue weighted by Crippen LogP contribution is 2.24. The predicted octanol–water partition coefficient (Wildman–Crippen LogP) is 1.34. The molecule has 0 aromatic heterocycles. The van der Waals surface area contributed by atoms with E-state index >= 15 is 0 Å². The van der Waals surface area contributed by atoms with Crippen molar-refractivity contribution in [3.63, 3.8) is 0 Å². The Balaban J connectivity index is 4.00. The molecule has 0 spiro atoms. The zero-order valence-corrected chi connectivity index (χ0v) is 6.37. The summed E-state index contributed by atoms with van der Waals surface area (Å²) in [5.74, 6) is -0.405. The first kappa shape index (κ1) is 8.92. The number of halogens is 2. The molecule has 0 atom stereocenters. The van der Waals surface area contributed by atoms with Crippen LogP contribution in [-0.2, 0) is 9.59 Å². The molecule has 52 valence electrons. The molecule has 0 saturated carbocycles. The first-order valence-electron chi connectivity index (χ1n) is 2.33. The van der Waals surface area contributed by atoms with Gasteiger partial charge in [-0.25, -0.2) is 0 Å². The van der Waals surface area contributed by atoms with E-state index in [9.17, 15) is 9.59 Å². The van der Waals surface area contributed by atoms with Gasteiger partial charge < -0.3 is 4.79 Å². The minimum Gasteiger partial charge on any atom is -0.303 e. The molecule has 0 rings (SSSR count). The summed E-state index contributed by atoms with van der Waals surface area (Å²) in [6, 6.07) is 0. The lowest BCUT2D eigenvalue weighted by atomic mass is 10.2. The summed E-state index contributed by atoms with van der Waals surface area (Å²) in [5.41, 5.74) is 0. The molecular formula is C5H6Cl2O2. The topological polar surface area (TPSA) is 34.1 Å². The smallest absolute Gasteiger partial charge is 0.182 e. The molecule has 0 fully saturated rings. The van der Waals surface area contributed by atoms with Crippen LogP contribution in [0.4, 0.5) is 0 Å². The molecule has 2 nitrogen and oxygen atoms in total. The molecule has 0 saturated heterocycles. The van der Waals surface area contributed by atoms with Gasteiger partial charge >= 0.3 is 0 Å². The lowest BCUT2D eigenvalue weighted by Crippen LogP contribution is -2.23. The quantitative estimate of drug-likeness (QED) is 0.471. The van der Waals surface area contributed by atoms with E-state index in [0.717, 1.165) is 0 Å². The molecule has 0 aromatic rings. The van der Waals surface area contributed by atoms with Crippen molar-refractivity contribution in [1.29, 1.82) is 0 Å². The summed E-state index contributed by atoms with van der Waals surface area (Å²) >= 11 is 10.7. The highest BCUT2D eigenvalue weighted by atomic mass is 35.5. The van der Waals surface area contributed by atoms with Crippen LogP contribution in [0.3, 0.4) is 0 Å². The van der Waals surface area contributed by atoms with Gasteiger partial charge in [0.15, 0.2) is 10.1 Å². The summed E-state index contributed by atoms with van der Waals surface area (Å²) < 4.78 is -1.51. The standard InChI is InChI=1S/C5H6Cl2O2/c1-4(9)5(6,7)2-3-8/h3H,2H2,1H3. The zero-order valence-electron chi connectivity index (χ0n) is 4.86. The molecule has 0 amide bonds. The maximum atomic E-state index is 10.4. The molecule has 0 unspecified atom stereocenters. The fourth-order valence-corrected chi connectivity index (χ4v) is 0.374. The van der Waals surface area contributed by atoms with E-state index in [4.69, 9.17) is 23.2 Å². The normalized spacial score (nSPS) is 11.0. The SMILES string of the molecule is CC(=O)C(Cl)(Cl)CC=O. The van der Waals surface area contributed by atoms with Gasteiger partial charge in [0.1, 0.15) is 6.29 Å². The second kappa shape index (κ2) is 3.18. The van der Waals surface area contributed by atoms with E-state index in [1.54, 1.807) is 0 Å². The van der Waals surface area contributed by atoms with Crippen LogP contribution in [0, 0.1) is 0 Å². The van der Waals surface area contributed by atoms with Crippen LogP contribution in [0.15, 0.2) is 0 Å². The van der Waals surface area contributed by atoms with E-state index in [0.29, 0.717) is 6.29 Å². The summed E-state index contributed by atoms with van der Waals surface area (Å²) in [6.45, 7) is 1.24. The van der Waals surface area contributed by atoms with Crippen molar-refractivity contribution in [2.24, 2.45) is 0 Å². The minimum atomic E-state index is -1.51. The van der Waals surface area contributed by atoms with Gasteiger partial charge in [0.2, 0.25) is 0 Å². The van der Waals surface area contributed by atoms with Crippen LogP contribution < -0.4 is 0 Å². The maximum Gasteiger partial charge on any atom is 0.182 e. The van der Waals surface area contributed by atoms with Gasteiger partial charge in [-0.05, 0) is 6.92 Å². The number of carbonyl (C=O) groups excluding carboxylic acids is 2. The second-order valence-electron chi connectivity index (χ2n) is 1.63. The highest BCUT2D eigenvalue weighted by molar-refractivity contribution is 6.58. The Labute approximate surface area is 63.1 Å². The third kappa shape index (κ3) is 2.82. The number of alkyl halides is 2. The van der Waals surface area contributed by atoms with Gasteiger partial charge in [0.25, 0.3) is 0 Å². The van der Waals surface area contributed by atoms with E-state index in [-0.39, 0.29) is 6.42 Å². The summed E-state index contributed by atoms with van der Waals surface area (Å²) in [5, 5.41) is 0. The zero-order chi connectivity index (χ0) is 7.49. The number of hydrogen-bond acceptors (Lipinski definition) is 2. The van der Waals surface area contributed by atoms with Crippen molar-refractivity contribution in [1.82, 2.24) is 0 Å². The Morgan fingerprint density at radius 2 is 2.11 bits per heavy atom. The summed E-state index contributed by atoms with van der Waals surface area (Å²) in [6.07, 6.45) is 0.368. The second-order valence-corrected chi connectivity index (χ2v) is 3.12. The number of aldehydes is 1. The fraction of sp³-hybridized carbons (Fsp3) is 0.600. The first-order chi connectivity index (χ1) is 4.00. The van der Waals surface area contributed by atoms with Gasteiger partial charge in [-0.1, -0.05) is 23.2 Å². The van der Waals surface area contributed by atoms with Crippen LogP contribution in [0.1, 0.15) is 13.3 Å². The molecule has 0 bridgehead atoms. The van der Waals surface area contributed by atoms with E-state index < -0.39 is 10.1 Å². The summed E-state index contributed by atoms with van der Waals surface area (Å²) in [7, 11) is 0. The average molecular weight is 169 g/mol. The molecule has 0 aromatic carbocycles. The fourth-order valence-electron chi connectivity index (χ4n) is 0.248. The third-order valence-electron chi connectivity index (χ3n) is 0.855. The third-order valence-corrected chi connectivity index (χ3v) is 1.70. The number of carbonyl (C=O) groups is 2. The van der Waals surface area contributed by atoms with Crippen LogP contribution >= 0.6 is 23.2 Å². The Hall–Kier alpha value is -0.0800. The Bertz CT molecular complexity index is 131. The van der Waals surface area contributed by atoms with Crippen molar-refractivity contribution >= 4 is 35.3 Å². The summed E-state index contributed by atoms with van der Waals surface area (Å²) in [4.78, 5) is 20.2. The highest BCUT2D eigenvalue weighted by Gasteiger charge is 2.28. The predicted molar refractivity (Wildman–Crippen MR) is 35.8 cm³/mol. The number of hydrogen-bond donors (Lipinski definition) is 0. The van der Waals surface area contributed by atoms with Crippen LogP contribution in [-0.4, -0.2) is 16.4 Å². The molecule has 0 aliphatic rings. The van der Waals surface area contributed by atoms with Crippen LogP contribution in [0.25, 0.3) is 0 Å². The van der Waals surface area contributed by atoms with Gasteiger partial charge in [-0.2, -0.15) is 0 Å². The van der Waals surface area contributed by atoms with Crippen molar-refractivity contribution in [3.8, 4) is 0 Å². The number of ketones is 1. The average Bonchev–Trinajstić information content (AvgIpc) is 1.65. The van der Waals surface area contributed by atoms with Crippen LogP contribution in [0.2, 0.25) is 0 Å². The number of rotatable bonds is 3. The lowest BCUT2D eigenvalue weighted by Gasteiger charge is -2.09. The Morgan fingerprint density at radius 3 is 2.22 bits per heavy atom. The minimum absolute atomic E-state index is 0.147. The molecule has 0 aliphatic carbocycles. The monoisotopic (exact) mass is 168 g/mol. The number of Topliss-reactive ketones (excluding diaryl/α,β-unsaturated/α-hetero) is 1. The van der Waals surface area contributed by atoms with E-state index in [1.807, 2.05) is 0 Å². The van der Waals surface area contributed by atoms with Gasteiger partial charge in [-0.15, -0.1) is 0 Å². The van der Waals surface area contributed by atoms with Gasteiger partial charge in [0.05, 0.1) is 0 Å². The van der Waals surface area contributed by atoms with E-state index in [2.05, 4.69) is 0 Å². The van der Waals surface area contributed by atoms with Crippen molar-refractivity contribution in [2.45, 2.75) is 17.7 Å². The van der Waals surface area contributed by atoms with Crippen LogP contribution in [0.5, 0.6) is 0 Å². The van der Waals surface area contributed by atoms with E-state index in [1.165, 1.54) is 6.92 Å². The maximum absolute atomic E-state index is 10.4. The molecule has 9 heavy (non-hydrogen) atoms. The van der Waals surface area contributed by atoms with Gasteiger partial charge in [0, 0.05) is 6.42 Å². The first-order valence-corrected chi connectivity index (χ1v) is 3.09. The van der Waals surface area contributed by atoms with Crippen molar-refractivity contribution < 1.29 is 9.59 Å². The molecule has 4 heteroatoms. The largest absolute Gasteiger partial charge is 0.303 e. The Morgan fingerprint density at radius 1 is 1.67 bits per heavy atom. The molecule has 0 aliphatic heterocycles. The molecule has 0 N–H and O–H groups in total. The molecular weight excluding hydrogens is 163 g/mol. The van der Waals surface area contributed by atoms with Gasteiger partial charge in [-0.3, -0.25) is 4.79 Å². The molecule has 0 heterocycles. The van der Waals surface area contributed by atoms with Crippen molar-refractivity contribution in [2.75, 3.05) is 0 Å². The molecule has 0 radical (unpaired) electrons. The van der Waals surface area contributed by atoms with Crippen molar-refractivity contribution in [3.05, 3.63) is 0 Å². The Kier molecular flexibility index (Phi) is 3.15. The lowest BCUT2D eigenvalue weighted by molar-refractivity contribution is -0.119.